The Morgan fingerprint density at radius 3 is 2.17 bits per heavy atom. The summed E-state index contributed by atoms with van der Waals surface area (Å²) < 4.78 is 47.1. The van der Waals surface area contributed by atoms with Crippen molar-refractivity contribution in [2.75, 3.05) is 46.0 Å². The summed E-state index contributed by atoms with van der Waals surface area (Å²) in [6.07, 6.45) is -6.61. The van der Waals surface area contributed by atoms with Gasteiger partial charge in [0.2, 0.25) is 5.91 Å². The minimum absolute atomic E-state index is 0.103. The molecule has 0 aliphatic carbocycles. The van der Waals surface area contributed by atoms with Gasteiger partial charge in [-0.05, 0) is 13.8 Å². The number of rotatable bonds is 7. The third-order valence-corrected chi connectivity index (χ3v) is 3.44. The number of nitrogens with zero attached hydrogens (tertiary/aromatic N) is 2. The predicted octanol–water partition coefficient (Wildman–Crippen LogP) is 1.05. The lowest BCUT2D eigenvalue weighted by atomic mass is 10.2. The number of hydrogen-bond acceptors (Lipinski definition) is 4. The van der Waals surface area contributed by atoms with Gasteiger partial charge >= 0.3 is 6.18 Å². The van der Waals surface area contributed by atoms with Gasteiger partial charge in [-0.1, -0.05) is 0 Å². The number of carbonyl (C=O) groups excluding carboxylic acids is 2. The molecule has 0 aromatic rings. The fourth-order valence-corrected chi connectivity index (χ4v) is 2.22. The predicted molar refractivity (Wildman–Crippen MR) is 75.7 cm³/mol. The monoisotopic (exact) mass is 340 g/mol. The van der Waals surface area contributed by atoms with E-state index in [1.165, 1.54) is 4.90 Å². The smallest absolute Gasteiger partial charge is 0.379 e. The fraction of sp³-hybridized carbons (Fsp3) is 0.857. The van der Waals surface area contributed by atoms with Crippen molar-refractivity contribution in [3.8, 4) is 0 Å². The van der Waals surface area contributed by atoms with E-state index in [0.717, 1.165) is 4.90 Å². The third-order valence-electron chi connectivity index (χ3n) is 3.44. The van der Waals surface area contributed by atoms with Gasteiger partial charge < -0.3 is 19.3 Å². The first kappa shape index (κ1) is 19.7. The Bertz CT molecular complexity index is 396. The van der Waals surface area contributed by atoms with Gasteiger partial charge in [-0.15, -0.1) is 0 Å². The maximum atomic E-state index is 12.2. The first-order valence-corrected chi connectivity index (χ1v) is 7.57. The van der Waals surface area contributed by atoms with Crippen molar-refractivity contribution in [2.24, 2.45) is 0 Å². The molecule has 0 saturated carbocycles. The van der Waals surface area contributed by atoms with Crippen LogP contribution in [0.5, 0.6) is 0 Å². The maximum absolute atomic E-state index is 12.2. The van der Waals surface area contributed by atoms with E-state index in [9.17, 15) is 22.8 Å². The van der Waals surface area contributed by atoms with Crippen molar-refractivity contribution in [1.82, 2.24) is 9.80 Å². The Balaban J connectivity index is 2.34. The molecule has 0 unspecified atom stereocenters. The van der Waals surface area contributed by atoms with E-state index in [1.807, 2.05) is 6.92 Å². The van der Waals surface area contributed by atoms with Gasteiger partial charge in [-0.25, -0.2) is 0 Å². The Hall–Kier alpha value is -1.35. The Kier molecular flexibility index (Phi) is 7.77. The van der Waals surface area contributed by atoms with Crippen LogP contribution in [-0.2, 0) is 19.1 Å². The van der Waals surface area contributed by atoms with Gasteiger partial charge in [0.05, 0.1) is 13.2 Å². The highest BCUT2D eigenvalue weighted by atomic mass is 19.4. The standard InChI is InChI=1S/C14H23F3N2O4/c1-3-22-8-9-23-11(2)13(21)19-6-4-18(5-7-19)12(20)10-14(15,16)17/h11H,3-10H2,1-2H3/t11-/m1/s1. The first-order valence-electron chi connectivity index (χ1n) is 7.57. The number of amides is 2. The number of ether oxygens (including phenoxy) is 2. The average molecular weight is 340 g/mol. The highest BCUT2D eigenvalue weighted by Gasteiger charge is 2.35. The van der Waals surface area contributed by atoms with Crippen molar-refractivity contribution >= 4 is 11.8 Å². The number of hydrogen-bond donors (Lipinski definition) is 0. The van der Waals surface area contributed by atoms with Crippen LogP contribution in [-0.4, -0.2) is 79.9 Å². The molecule has 1 rings (SSSR count). The maximum Gasteiger partial charge on any atom is 0.397 e. The van der Waals surface area contributed by atoms with Gasteiger partial charge in [-0.3, -0.25) is 9.59 Å². The average Bonchev–Trinajstić information content (AvgIpc) is 2.49. The molecule has 1 heterocycles. The second kappa shape index (κ2) is 9.07. The van der Waals surface area contributed by atoms with Crippen LogP contribution >= 0.6 is 0 Å². The van der Waals surface area contributed by atoms with Crippen molar-refractivity contribution in [3.63, 3.8) is 0 Å². The van der Waals surface area contributed by atoms with E-state index in [4.69, 9.17) is 9.47 Å². The van der Waals surface area contributed by atoms with E-state index in [-0.39, 0.29) is 32.1 Å². The van der Waals surface area contributed by atoms with Crippen molar-refractivity contribution in [2.45, 2.75) is 32.5 Å². The van der Waals surface area contributed by atoms with Crippen LogP contribution in [0.25, 0.3) is 0 Å². The number of piperazine rings is 1. The summed E-state index contributed by atoms with van der Waals surface area (Å²) in [5.41, 5.74) is 0. The van der Waals surface area contributed by atoms with Crippen molar-refractivity contribution in [3.05, 3.63) is 0 Å². The zero-order valence-corrected chi connectivity index (χ0v) is 13.4. The second-order valence-corrected chi connectivity index (χ2v) is 5.21. The van der Waals surface area contributed by atoms with E-state index < -0.39 is 24.6 Å². The molecular weight excluding hydrogens is 317 g/mol. The second-order valence-electron chi connectivity index (χ2n) is 5.21. The Morgan fingerprint density at radius 2 is 1.65 bits per heavy atom. The van der Waals surface area contributed by atoms with Crippen LogP contribution in [0.15, 0.2) is 0 Å². The quantitative estimate of drug-likeness (QED) is 0.650. The number of alkyl halides is 3. The molecule has 0 bridgehead atoms. The molecule has 1 atom stereocenters. The molecule has 0 radical (unpaired) electrons. The summed E-state index contributed by atoms with van der Waals surface area (Å²) in [7, 11) is 0. The molecule has 9 heteroatoms. The Morgan fingerprint density at radius 1 is 1.09 bits per heavy atom. The van der Waals surface area contributed by atoms with Gasteiger partial charge in [-0.2, -0.15) is 13.2 Å². The van der Waals surface area contributed by atoms with E-state index in [1.54, 1.807) is 6.92 Å². The van der Waals surface area contributed by atoms with Gasteiger partial charge in [0.25, 0.3) is 5.91 Å². The van der Waals surface area contributed by atoms with Crippen LogP contribution < -0.4 is 0 Å². The minimum Gasteiger partial charge on any atom is -0.379 e. The SMILES string of the molecule is CCOCCO[C@H](C)C(=O)N1CCN(C(=O)CC(F)(F)F)CC1. The molecule has 1 aliphatic rings. The third kappa shape index (κ3) is 7.17. The minimum atomic E-state index is -4.51. The highest BCUT2D eigenvalue weighted by molar-refractivity contribution is 5.81. The lowest BCUT2D eigenvalue weighted by Crippen LogP contribution is -2.53. The van der Waals surface area contributed by atoms with E-state index in [0.29, 0.717) is 19.8 Å². The molecule has 1 saturated heterocycles. The molecule has 0 aromatic heterocycles. The summed E-state index contributed by atoms with van der Waals surface area (Å²) >= 11 is 0. The normalized spacial score (nSPS) is 17.3. The molecule has 134 valence electrons. The zero-order valence-electron chi connectivity index (χ0n) is 13.4. The summed E-state index contributed by atoms with van der Waals surface area (Å²) in [4.78, 5) is 26.3. The summed E-state index contributed by atoms with van der Waals surface area (Å²) in [6.45, 7) is 5.36. The molecule has 23 heavy (non-hydrogen) atoms. The van der Waals surface area contributed by atoms with Crippen LogP contribution in [0.4, 0.5) is 13.2 Å². The lowest BCUT2D eigenvalue weighted by Gasteiger charge is -2.36. The molecule has 6 nitrogen and oxygen atoms in total. The molecule has 0 spiro atoms. The highest BCUT2D eigenvalue weighted by Crippen LogP contribution is 2.21. The lowest BCUT2D eigenvalue weighted by molar-refractivity contribution is -0.164. The van der Waals surface area contributed by atoms with Gasteiger partial charge in [0, 0.05) is 32.8 Å². The first-order chi connectivity index (χ1) is 10.7. The molecule has 1 aliphatic heterocycles. The van der Waals surface area contributed by atoms with Crippen LogP contribution in [0.2, 0.25) is 0 Å². The Labute approximate surface area is 133 Å². The molecule has 1 fully saturated rings. The number of halogens is 3. The van der Waals surface area contributed by atoms with Crippen molar-refractivity contribution < 1.29 is 32.2 Å². The largest absolute Gasteiger partial charge is 0.397 e. The summed E-state index contributed by atoms with van der Waals surface area (Å²) in [5, 5.41) is 0. The van der Waals surface area contributed by atoms with Crippen LogP contribution in [0.1, 0.15) is 20.3 Å². The topological polar surface area (TPSA) is 59.1 Å². The van der Waals surface area contributed by atoms with Gasteiger partial charge in [0.15, 0.2) is 0 Å². The van der Waals surface area contributed by atoms with Crippen molar-refractivity contribution in [1.29, 1.82) is 0 Å². The van der Waals surface area contributed by atoms with E-state index >= 15 is 0 Å². The molecule has 2 amide bonds. The van der Waals surface area contributed by atoms with Crippen LogP contribution in [0, 0.1) is 0 Å². The van der Waals surface area contributed by atoms with Crippen LogP contribution in [0.3, 0.4) is 0 Å². The zero-order chi connectivity index (χ0) is 17.5. The molecule has 0 aromatic carbocycles. The molecular formula is C14H23F3N2O4. The number of carbonyl (C=O) groups is 2. The summed E-state index contributed by atoms with van der Waals surface area (Å²) in [6, 6.07) is 0. The van der Waals surface area contributed by atoms with E-state index in [2.05, 4.69) is 0 Å². The summed E-state index contributed by atoms with van der Waals surface area (Å²) in [5.74, 6) is -1.19. The fourth-order valence-electron chi connectivity index (χ4n) is 2.22. The molecule has 0 N–H and O–H groups in total. The van der Waals surface area contributed by atoms with Gasteiger partial charge in [0.1, 0.15) is 12.5 Å².